The van der Waals surface area contributed by atoms with Gasteiger partial charge in [-0.1, -0.05) is 0 Å². The van der Waals surface area contributed by atoms with Crippen molar-refractivity contribution in [3.05, 3.63) is 24.0 Å². The Balaban J connectivity index is 2.56. The highest BCUT2D eigenvalue weighted by Crippen LogP contribution is 2.02. The number of nitrogens with two attached hydrogens (primary N) is 1. The molecule has 1 rings (SSSR count). The van der Waals surface area contributed by atoms with E-state index in [9.17, 15) is 0 Å². The number of allylic oxidation sites excluding steroid dienone is 1. The fourth-order valence-corrected chi connectivity index (χ4v) is 0.688. The molecule has 0 radical (unpaired) electrons. The van der Waals surface area contributed by atoms with Gasteiger partial charge in [0, 0.05) is 6.54 Å². The lowest BCUT2D eigenvalue weighted by atomic mass is 10.2. The predicted octanol–water partition coefficient (Wildman–Crippen LogP) is 0.336. The standard InChI is InChI=1S/C6H10N2/c7-5-6-1-3-8-4-2-6/h1,3,5,8H,2,4,7H2. The smallest absolute Gasteiger partial charge is 0.0182 e. The van der Waals surface area contributed by atoms with E-state index in [1.807, 2.05) is 12.3 Å². The molecule has 0 aromatic rings. The van der Waals surface area contributed by atoms with Crippen molar-refractivity contribution in [1.82, 2.24) is 5.32 Å². The average molecular weight is 110 g/mol. The maximum Gasteiger partial charge on any atom is 0.0182 e. The van der Waals surface area contributed by atoms with Crippen molar-refractivity contribution in [1.29, 1.82) is 0 Å². The van der Waals surface area contributed by atoms with E-state index in [2.05, 4.69) is 5.32 Å². The van der Waals surface area contributed by atoms with E-state index in [1.54, 1.807) is 6.20 Å². The van der Waals surface area contributed by atoms with Crippen LogP contribution in [0.15, 0.2) is 24.0 Å². The third kappa shape index (κ3) is 1.03. The SMILES string of the molecule is NC=C1C=CNCC1. The number of rotatable bonds is 0. The van der Waals surface area contributed by atoms with Gasteiger partial charge >= 0.3 is 0 Å². The van der Waals surface area contributed by atoms with Gasteiger partial charge in [0.1, 0.15) is 0 Å². The van der Waals surface area contributed by atoms with Crippen molar-refractivity contribution in [3.63, 3.8) is 0 Å². The summed E-state index contributed by atoms with van der Waals surface area (Å²) < 4.78 is 0. The van der Waals surface area contributed by atoms with Gasteiger partial charge in [0.25, 0.3) is 0 Å². The molecule has 44 valence electrons. The Bertz CT molecular complexity index is 124. The molecule has 1 heterocycles. The number of hydrogen-bond acceptors (Lipinski definition) is 2. The summed E-state index contributed by atoms with van der Waals surface area (Å²) in [7, 11) is 0. The van der Waals surface area contributed by atoms with Gasteiger partial charge in [-0.05, 0) is 30.5 Å². The summed E-state index contributed by atoms with van der Waals surface area (Å²) in [6.45, 7) is 1.01. The molecule has 0 aromatic carbocycles. The molecule has 8 heavy (non-hydrogen) atoms. The van der Waals surface area contributed by atoms with E-state index in [4.69, 9.17) is 5.73 Å². The summed E-state index contributed by atoms with van der Waals surface area (Å²) in [5, 5.41) is 3.07. The molecule has 0 aliphatic carbocycles. The van der Waals surface area contributed by atoms with Gasteiger partial charge in [-0.2, -0.15) is 0 Å². The maximum absolute atomic E-state index is 5.26. The zero-order valence-electron chi connectivity index (χ0n) is 4.72. The van der Waals surface area contributed by atoms with Crippen LogP contribution in [0.5, 0.6) is 0 Å². The summed E-state index contributed by atoms with van der Waals surface area (Å²) >= 11 is 0. The molecule has 1 aliphatic rings. The van der Waals surface area contributed by atoms with Crippen LogP contribution in [-0.2, 0) is 0 Å². The minimum Gasteiger partial charge on any atom is -0.404 e. The molecule has 0 saturated heterocycles. The predicted molar refractivity (Wildman–Crippen MR) is 34.0 cm³/mol. The summed E-state index contributed by atoms with van der Waals surface area (Å²) in [5.74, 6) is 0. The van der Waals surface area contributed by atoms with E-state index in [0.29, 0.717) is 0 Å². The topological polar surface area (TPSA) is 38.0 Å². The Morgan fingerprint density at radius 3 is 3.00 bits per heavy atom. The Labute approximate surface area is 49.1 Å². The first kappa shape index (κ1) is 5.22. The molecule has 1 aliphatic heterocycles. The quantitative estimate of drug-likeness (QED) is 0.471. The van der Waals surface area contributed by atoms with Gasteiger partial charge in [0.2, 0.25) is 0 Å². The fourth-order valence-electron chi connectivity index (χ4n) is 0.688. The molecule has 0 spiro atoms. The first-order valence-corrected chi connectivity index (χ1v) is 2.74. The van der Waals surface area contributed by atoms with E-state index in [0.717, 1.165) is 13.0 Å². The molecular formula is C6H10N2. The van der Waals surface area contributed by atoms with Crippen LogP contribution in [0.2, 0.25) is 0 Å². The second-order valence-electron chi connectivity index (χ2n) is 1.78. The van der Waals surface area contributed by atoms with Crippen molar-refractivity contribution in [2.75, 3.05) is 6.54 Å². The van der Waals surface area contributed by atoms with Gasteiger partial charge in [-0.25, -0.2) is 0 Å². The largest absolute Gasteiger partial charge is 0.404 e. The number of hydrogen-bond donors (Lipinski definition) is 2. The van der Waals surface area contributed by atoms with Crippen LogP contribution >= 0.6 is 0 Å². The van der Waals surface area contributed by atoms with Crippen molar-refractivity contribution in [3.8, 4) is 0 Å². The van der Waals surface area contributed by atoms with Gasteiger partial charge in [0.15, 0.2) is 0 Å². The summed E-state index contributed by atoms with van der Waals surface area (Å²) in [6.07, 6.45) is 6.61. The normalized spacial score (nSPS) is 23.2. The Morgan fingerprint density at radius 2 is 2.62 bits per heavy atom. The zero-order chi connectivity index (χ0) is 5.82. The van der Waals surface area contributed by atoms with Gasteiger partial charge in [-0.3, -0.25) is 0 Å². The molecule has 0 saturated carbocycles. The third-order valence-electron chi connectivity index (χ3n) is 1.19. The molecule has 0 aromatic heterocycles. The molecule has 0 fully saturated rings. The van der Waals surface area contributed by atoms with E-state index in [-0.39, 0.29) is 0 Å². The van der Waals surface area contributed by atoms with Crippen molar-refractivity contribution >= 4 is 0 Å². The molecule has 0 bridgehead atoms. The highest BCUT2D eigenvalue weighted by Gasteiger charge is 1.93. The summed E-state index contributed by atoms with van der Waals surface area (Å²) in [5.41, 5.74) is 6.47. The van der Waals surface area contributed by atoms with Crippen molar-refractivity contribution in [2.45, 2.75) is 6.42 Å². The highest BCUT2D eigenvalue weighted by atomic mass is 14.8. The van der Waals surface area contributed by atoms with Crippen molar-refractivity contribution < 1.29 is 0 Å². The van der Waals surface area contributed by atoms with Crippen LogP contribution in [0.1, 0.15) is 6.42 Å². The van der Waals surface area contributed by atoms with Gasteiger partial charge in [0.05, 0.1) is 0 Å². The second-order valence-corrected chi connectivity index (χ2v) is 1.78. The highest BCUT2D eigenvalue weighted by molar-refractivity contribution is 5.19. The molecule has 3 N–H and O–H groups in total. The lowest BCUT2D eigenvalue weighted by molar-refractivity contribution is 0.806. The van der Waals surface area contributed by atoms with Crippen LogP contribution in [0.4, 0.5) is 0 Å². The first-order chi connectivity index (χ1) is 3.93. The van der Waals surface area contributed by atoms with Crippen LogP contribution in [-0.4, -0.2) is 6.54 Å². The minimum atomic E-state index is 1.01. The molecule has 2 nitrogen and oxygen atoms in total. The lowest BCUT2D eigenvalue weighted by Crippen LogP contribution is -2.12. The second kappa shape index (κ2) is 2.40. The van der Waals surface area contributed by atoms with Gasteiger partial charge < -0.3 is 11.1 Å². The van der Waals surface area contributed by atoms with E-state index in [1.165, 1.54) is 5.57 Å². The Kier molecular flexibility index (Phi) is 1.57. The molecule has 0 amide bonds. The number of nitrogens with one attached hydrogen (secondary N) is 1. The van der Waals surface area contributed by atoms with Crippen LogP contribution in [0, 0.1) is 0 Å². The molecule has 2 heteroatoms. The van der Waals surface area contributed by atoms with Crippen molar-refractivity contribution in [2.24, 2.45) is 5.73 Å². The van der Waals surface area contributed by atoms with E-state index >= 15 is 0 Å². The Morgan fingerprint density at radius 1 is 1.75 bits per heavy atom. The fraction of sp³-hybridized carbons (Fsp3) is 0.333. The summed E-state index contributed by atoms with van der Waals surface area (Å²) in [6, 6.07) is 0. The lowest BCUT2D eigenvalue weighted by Gasteiger charge is -2.06. The average Bonchev–Trinajstić information content (AvgIpc) is 1.90. The van der Waals surface area contributed by atoms with E-state index < -0.39 is 0 Å². The van der Waals surface area contributed by atoms with Crippen LogP contribution in [0.25, 0.3) is 0 Å². The molecule has 0 atom stereocenters. The first-order valence-electron chi connectivity index (χ1n) is 2.74. The molecular weight excluding hydrogens is 100 g/mol. The zero-order valence-corrected chi connectivity index (χ0v) is 4.72. The minimum absolute atomic E-state index is 1.01. The maximum atomic E-state index is 5.26. The van der Waals surface area contributed by atoms with Crippen LogP contribution < -0.4 is 11.1 Å². The summed E-state index contributed by atoms with van der Waals surface area (Å²) in [4.78, 5) is 0. The monoisotopic (exact) mass is 110 g/mol. The Hall–Kier alpha value is -0.920. The molecule has 0 unspecified atom stereocenters. The van der Waals surface area contributed by atoms with Gasteiger partial charge in [-0.15, -0.1) is 0 Å². The van der Waals surface area contributed by atoms with Crippen LogP contribution in [0.3, 0.4) is 0 Å². The third-order valence-corrected chi connectivity index (χ3v) is 1.19.